The van der Waals surface area contributed by atoms with Crippen LogP contribution in [0.5, 0.6) is 0 Å². The van der Waals surface area contributed by atoms with Gasteiger partial charge in [-0.05, 0) is 44.7 Å². The zero-order valence-corrected chi connectivity index (χ0v) is 13.6. The molecule has 1 rings (SSSR count). The molecule has 0 aliphatic carbocycles. The average molecular weight is 327 g/mol. The summed E-state index contributed by atoms with van der Waals surface area (Å²) in [6.07, 6.45) is 3.40. The number of carbonyl (C=O) groups excluding carboxylic acids is 1. The summed E-state index contributed by atoms with van der Waals surface area (Å²) < 4.78 is 0. The fraction of sp³-hybridized carbons (Fsp3) is 0.600. The number of nitrogens with zero attached hydrogens (tertiary/aromatic N) is 1. The summed E-state index contributed by atoms with van der Waals surface area (Å²) in [7, 11) is 0. The van der Waals surface area contributed by atoms with Crippen LogP contribution in [-0.4, -0.2) is 22.8 Å². The van der Waals surface area contributed by atoms with Gasteiger partial charge in [-0.25, -0.2) is 0 Å². The summed E-state index contributed by atoms with van der Waals surface area (Å²) >= 11 is 3.47. The molecule has 19 heavy (non-hydrogen) atoms. The van der Waals surface area contributed by atoms with Crippen LogP contribution in [0.4, 0.5) is 0 Å². The second-order valence-corrected chi connectivity index (χ2v) is 5.72. The molecule has 0 fully saturated rings. The van der Waals surface area contributed by atoms with E-state index in [9.17, 15) is 4.79 Å². The van der Waals surface area contributed by atoms with Crippen molar-refractivity contribution in [3.8, 4) is 0 Å². The zero-order chi connectivity index (χ0) is 14.3. The first-order valence-electron chi connectivity index (χ1n) is 6.86. The number of alkyl halides is 1. The molecule has 1 aromatic heterocycles. The molecule has 0 radical (unpaired) electrons. The SMILES string of the molecule is CCCC(CCBr)CNC(=O)c1ccc(C)nc1C. The van der Waals surface area contributed by atoms with Crippen molar-refractivity contribution in [1.29, 1.82) is 0 Å². The van der Waals surface area contributed by atoms with Crippen LogP contribution in [0.1, 0.15) is 47.9 Å². The number of nitrogens with one attached hydrogen (secondary N) is 1. The molecule has 0 bridgehead atoms. The van der Waals surface area contributed by atoms with E-state index < -0.39 is 0 Å². The summed E-state index contributed by atoms with van der Waals surface area (Å²) in [5.41, 5.74) is 2.42. The lowest BCUT2D eigenvalue weighted by Crippen LogP contribution is -2.30. The van der Waals surface area contributed by atoms with E-state index in [4.69, 9.17) is 0 Å². The predicted octanol–water partition coefficient (Wildman–Crippen LogP) is 3.63. The largest absolute Gasteiger partial charge is 0.352 e. The smallest absolute Gasteiger partial charge is 0.253 e. The van der Waals surface area contributed by atoms with Crippen LogP contribution in [0.2, 0.25) is 0 Å². The van der Waals surface area contributed by atoms with E-state index in [0.29, 0.717) is 11.5 Å². The molecular weight excluding hydrogens is 304 g/mol. The molecule has 3 nitrogen and oxygen atoms in total. The Morgan fingerprint density at radius 2 is 2.11 bits per heavy atom. The van der Waals surface area contributed by atoms with E-state index in [-0.39, 0.29) is 5.91 Å². The predicted molar refractivity (Wildman–Crippen MR) is 82.9 cm³/mol. The zero-order valence-electron chi connectivity index (χ0n) is 12.0. The molecule has 0 saturated carbocycles. The molecule has 0 aliphatic heterocycles. The maximum Gasteiger partial charge on any atom is 0.253 e. The molecule has 0 saturated heterocycles. The fourth-order valence-corrected chi connectivity index (χ4v) is 2.82. The Morgan fingerprint density at radius 1 is 1.37 bits per heavy atom. The first-order valence-corrected chi connectivity index (χ1v) is 7.99. The van der Waals surface area contributed by atoms with Gasteiger partial charge in [-0.15, -0.1) is 0 Å². The van der Waals surface area contributed by atoms with Crippen LogP contribution in [0.3, 0.4) is 0 Å². The number of rotatable bonds is 7. The van der Waals surface area contributed by atoms with E-state index in [0.717, 1.165) is 42.5 Å². The summed E-state index contributed by atoms with van der Waals surface area (Å²) in [5.74, 6) is 0.535. The number of hydrogen-bond donors (Lipinski definition) is 1. The molecule has 1 atom stereocenters. The first-order chi connectivity index (χ1) is 9.08. The molecule has 0 spiro atoms. The number of aryl methyl sites for hydroxylation is 2. The molecular formula is C15H23BrN2O. The third-order valence-corrected chi connectivity index (χ3v) is 3.69. The molecule has 1 amide bonds. The number of halogens is 1. The second-order valence-electron chi connectivity index (χ2n) is 4.93. The van der Waals surface area contributed by atoms with Crippen LogP contribution in [0, 0.1) is 19.8 Å². The van der Waals surface area contributed by atoms with Gasteiger partial charge in [0.15, 0.2) is 0 Å². The normalized spacial score (nSPS) is 12.2. The van der Waals surface area contributed by atoms with Gasteiger partial charge in [-0.1, -0.05) is 29.3 Å². The van der Waals surface area contributed by atoms with Crippen molar-refractivity contribution in [3.63, 3.8) is 0 Å². The monoisotopic (exact) mass is 326 g/mol. The van der Waals surface area contributed by atoms with Crippen molar-refractivity contribution in [2.24, 2.45) is 5.92 Å². The minimum atomic E-state index is -0.0133. The third-order valence-electron chi connectivity index (χ3n) is 3.24. The van der Waals surface area contributed by atoms with Crippen LogP contribution in [0.15, 0.2) is 12.1 Å². The fourth-order valence-electron chi connectivity index (χ4n) is 2.17. The standard InChI is InChI=1S/C15H23BrN2O/c1-4-5-13(8-9-16)10-17-15(19)14-7-6-11(2)18-12(14)3/h6-7,13H,4-5,8-10H2,1-3H3,(H,17,19). The van der Waals surface area contributed by atoms with Gasteiger partial charge in [0, 0.05) is 17.6 Å². The van der Waals surface area contributed by atoms with E-state index in [1.165, 1.54) is 0 Å². The van der Waals surface area contributed by atoms with Crippen molar-refractivity contribution < 1.29 is 4.79 Å². The molecule has 1 heterocycles. The Kier molecular flexibility index (Phi) is 7.06. The summed E-state index contributed by atoms with van der Waals surface area (Å²) in [6, 6.07) is 3.73. The number of hydrogen-bond acceptors (Lipinski definition) is 2. The van der Waals surface area contributed by atoms with E-state index >= 15 is 0 Å². The van der Waals surface area contributed by atoms with Gasteiger partial charge in [0.2, 0.25) is 0 Å². The van der Waals surface area contributed by atoms with Crippen LogP contribution >= 0.6 is 15.9 Å². The minimum absolute atomic E-state index is 0.0133. The average Bonchev–Trinajstić information content (AvgIpc) is 2.36. The first kappa shape index (κ1) is 16.2. The van der Waals surface area contributed by atoms with Gasteiger partial charge < -0.3 is 5.32 Å². The van der Waals surface area contributed by atoms with E-state index in [1.54, 1.807) is 0 Å². The summed E-state index contributed by atoms with van der Waals surface area (Å²) in [5, 5.41) is 4.01. The Labute approximate surface area is 124 Å². The van der Waals surface area contributed by atoms with Crippen molar-refractivity contribution in [1.82, 2.24) is 10.3 Å². The lowest BCUT2D eigenvalue weighted by atomic mass is 10.0. The van der Waals surface area contributed by atoms with Crippen LogP contribution in [0.25, 0.3) is 0 Å². The number of aromatic nitrogens is 1. The molecule has 1 unspecified atom stereocenters. The highest BCUT2D eigenvalue weighted by Crippen LogP contribution is 2.12. The molecule has 0 aliphatic rings. The Balaban J connectivity index is 2.58. The molecule has 1 aromatic rings. The topological polar surface area (TPSA) is 42.0 Å². The summed E-state index contributed by atoms with van der Waals surface area (Å²) in [6.45, 7) is 6.73. The molecule has 4 heteroatoms. The van der Waals surface area contributed by atoms with Gasteiger partial charge >= 0.3 is 0 Å². The summed E-state index contributed by atoms with van der Waals surface area (Å²) in [4.78, 5) is 16.5. The molecule has 1 N–H and O–H groups in total. The number of amides is 1. The van der Waals surface area contributed by atoms with Crippen molar-refractivity contribution in [2.75, 3.05) is 11.9 Å². The maximum atomic E-state index is 12.1. The molecule has 106 valence electrons. The highest BCUT2D eigenvalue weighted by molar-refractivity contribution is 9.09. The van der Waals surface area contributed by atoms with E-state index in [1.807, 2.05) is 26.0 Å². The Hall–Kier alpha value is -0.900. The number of carbonyl (C=O) groups is 1. The Bertz CT molecular complexity index is 415. The second kappa shape index (κ2) is 8.31. The Morgan fingerprint density at radius 3 is 2.68 bits per heavy atom. The minimum Gasteiger partial charge on any atom is -0.352 e. The highest BCUT2D eigenvalue weighted by Gasteiger charge is 2.12. The van der Waals surface area contributed by atoms with E-state index in [2.05, 4.69) is 33.2 Å². The molecule has 0 aromatic carbocycles. The third kappa shape index (κ3) is 5.31. The van der Waals surface area contributed by atoms with Crippen molar-refractivity contribution >= 4 is 21.8 Å². The van der Waals surface area contributed by atoms with Gasteiger partial charge in [0.05, 0.1) is 11.3 Å². The van der Waals surface area contributed by atoms with Crippen LogP contribution in [-0.2, 0) is 0 Å². The lowest BCUT2D eigenvalue weighted by Gasteiger charge is -2.16. The van der Waals surface area contributed by atoms with Gasteiger partial charge in [0.25, 0.3) is 5.91 Å². The van der Waals surface area contributed by atoms with Gasteiger partial charge in [0.1, 0.15) is 0 Å². The van der Waals surface area contributed by atoms with Gasteiger partial charge in [-0.3, -0.25) is 9.78 Å². The van der Waals surface area contributed by atoms with Crippen LogP contribution < -0.4 is 5.32 Å². The maximum absolute atomic E-state index is 12.1. The lowest BCUT2D eigenvalue weighted by molar-refractivity contribution is 0.0945. The highest BCUT2D eigenvalue weighted by atomic mass is 79.9. The van der Waals surface area contributed by atoms with Gasteiger partial charge in [-0.2, -0.15) is 0 Å². The quantitative estimate of drug-likeness (QED) is 0.777. The number of pyridine rings is 1. The van der Waals surface area contributed by atoms with Crippen molar-refractivity contribution in [2.45, 2.75) is 40.0 Å². The van der Waals surface area contributed by atoms with Crippen molar-refractivity contribution in [3.05, 3.63) is 29.1 Å².